The summed E-state index contributed by atoms with van der Waals surface area (Å²) in [7, 11) is 0. The second kappa shape index (κ2) is 4.79. The van der Waals surface area contributed by atoms with Crippen LogP contribution in [0.1, 0.15) is 32.1 Å². The third kappa shape index (κ3) is 3.09. The average Bonchev–Trinajstić information content (AvgIpc) is 2.18. The minimum Gasteiger partial charge on any atom is -0.330 e. The summed E-state index contributed by atoms with van der Waals surface area (Å²) in [4.78, 5) is 0. The van der Waals surface area contributed by atoms with Gasteiger partial charge in [-0.2, -0.15) is 11.8 Å². The molecule has 1 nitrogen and oxygen atoms in total. The largest absolute Gasteiger partial charge is 0.330 e. The fraction of sp³-hybridized carbons (Fsp3) is 1.00. The first-order valence-electron chi connectivity index (χ1n) is 5.10. The van der Waals surface area contributed by atoms with E-state index in [2.05, 4.69) is 0 Å². The summed E-state index contributed by atoms with van der Waals surface area (Å²) in [5.41, 5.74) is 5.72. The van der Waals surface area contributed by atoms with Crippen molar-refractivity contribution in [2.24, 2.45) is 11.1 Å². The van der Waals surface area contributed by atoms with Crippen LogP contribution >= 0.6 is 11.8 Å². The first-order chi connectivity index (χ1) is 6.54. The van der Waals surface area contributed by atoms with Crippen LogP contribution in [-0.4, -0.2) is 24.5 Å². The molecule has 1 aliphatic rings. The fourth-order valence-electron chi connectivity index (χ4n) is 2.02. The standard InChI is InChI=1S/C10H19F2NS/c1-14-7-6-9(8-13)2-4-10(11,12)5-3-9/h2-8,13H2,1H3. The van der Waals surface area contributed by atoms with Crippen molar-refractivity contribution in [2.75, 3.05) is 18.6 Å². The van der Waals surface area contributed by atoms with Crippen LogP contribution in [0.25, 0.3) is 0 Å². The van der Waals surface area contributed by atoms with Gasteiger partial charge in [0.1, 0.15) is 0 Å². The zero-order valence-corrected chi connectivity index (χ0v) is 9.51. The maximum absolute atomic E-state index is 13.0. The molecule has 1 aliphatic carbocycles. The van der Waals surface area contributed by atoms with Gasteiger partial charge in [-0.1, -0.05) is 0 Å². The second-order valence-electron chi connectivity index (χ2n) is 4.30. The normalized spacial score (nSPS) is 24.9. The van der Waals surface area contributed by atoms with Crippen molar-refractivity contribution >= 4 is 11.8 Å². The van der Waals surface area contributed by atoms with Crippen LogP contribution in [0.5, 0.6) is 0 Å². The van der Waals surface area contributed by atoms with Crippen LogP contribution in [0, 0.1) is 5.41 Å². The van der Waals surface area contributed by atoms with E-state index in [0.717, 1.165) is 12.2 Å². The van der Waals surface area contributed by atoms with E-state index in [4.69, 9.17) is 5.73 Å². The molecular weight excluding hydrogens is 204 g/mol. The van der Waals surface area contributed by atoms with E-state index in [9.17, 15) is 8.78 Å². The number of hydrogen-bond acceptors (Lipinski definition) is 2. The lowest BCUT2D eigenvalue weighted by Gasteiger charge is -2.39. The van der Waals surface area contributed by atoms with Crippen LogP contribution in [-0.2, 0) is 0 Å². The molecule has 1 fully saturated rings. The van der Waals surface area contributed by atoms with Crippen molar-refractivity contribution in [3.8, 4) is 0 Å². The Labute approximate surface area is 88.8 Å². The van der Waals surface area contributed by atoms with Gasteiger partial charge in [0.15, 0.2) is 0 Å². The molecule has 0 heterocycles. The number of halogens is 2. The van der Waals surface area contributed by atoms with Gasteiger partial charge in [0.05, 0.1) is 0 Å². The van der Waals surface area contributed by atoms with Gasteiger partial charge in [0.25, 0.3) is 0 Å². The van der Waals surface area contributed by atoms with Gasteiger partial charge in [-0.25, -0.2) is 8.78 Å². The molecule has 1 rings (SSSR count). The Bertz CT molecular complexity index is 175. The quantitative estimate of drug-likeness (QED) is 0.793. The average molecular weight is 223 g/mol. The minimum absolute atomic E-state index is 0.00465. The van der Waals surface area contributed by atoms with Gasteiger partial charge in [0, 0.05) is 12.8 Å². The van der Waals surface area contributed by atoms with Crippen LogP contribution < -0.4 is 5.73 Å². The maximum atomic E-state index is 13.0. The molecule has 0 atom stereocenters. The van der Waals surface area contributed by atoms with Gasteiger partial charge < -0.3 is 5.73 Å². The molecule has 4 heteroatoms. The minimum atomic E-state index is -2.43. The van der Waals surface area contributed by atoms with Gasteiger partial charge in [-0.05, 0) is 43.2 Å². The SMILES string of the molecule is CSCCC1(CN)CCC(F)(F)CC1. The molecule has 0 amide bonds. The van der Waals surface area contributed by atoms with E-state index in [1.165, 1.54) is 0 Å². The molecule has 0 aromatic rings. The summed E-state index contributed by atoms with van der Waals surface area (Å²) >= 11 is 1.77. The van der Waals surface area contributed by atoms with Gasteiger partial charge in [-0.15, -0.1) is 0 Å². The number of nitrogens with two attached hydrogens (primary N) is 1. The first-order valence-corrected chi connectivity index (χ1v) is 6.50. The molecule has 0 unspecified atom stereocenters. The Morgan fingerprint density at radius 1 is 1.21 bits per heavy atom. The van der Waals surface area contributed by atoms with Crippen molar-refractivity contribution in [1.29, 1.82) is 0 Å². The first kappa shape index (κ1) is 12.2. The Kier molecular flexibility index (Phi) is 4.19. The molecule has 0 aromatic carbocycles. The van der Waals surface area contributed by atoms with Crippen LogP contribution in [0.4, 0.5) is 8.78 Å². The molecule has 0 bridgehead atoms. The van der Waals surface area contributed by atoms with Gasteiger partial charge in [0.2, 0.25) is 5.92 Å². The third-order valence-corrected chi connectivity index (χ3v) is 3.92. The maximum Gasteiger partial charge on any atom is 0.248 e. The van der Waals surface area contributed by atoms with Crippen LogP contribution in [0.2, 0.25) is 0 Å². The van der Waals surface area contributed by atoms with E-state index in [-0.39, 0.29) is 18.3 Å². The van der Waals surface area contributed by atoms with Gasteiger partial charge in [-0.3, -0.25) is 0 Å². The molecular formula is C10H19F2NS. The topological polar surface area (TPSA) is 26.0 Å². The highest BCUT2D eigenvalue weighted by molar-refractivity contribution is 7.98. The van der Waals surface area contributed by atoms with E-state index in [1.54, 1.807) is 11.8 Å². The summed E-state index contributed by atoms with van der Waals surface area (Å²) in [5, 5.41) is 0. The lowest BCUT2D eigenvalue weighted by atomic mass is 9.71. The Morgan fingerprint density at radius 2 is 1.79 bits per heavy atom. The third-order valence-electron chi connectivity index (χ3n) is 3.31. The fourth-order valence-corrected chi connectivity index (χ4v) is 2.66. The summed E-state index contributed by atoms with van der Waals surface area (Å²) < 4.78 is 25.9. The molecule has 0 aliphatic heterocycles. The molecule has 84 valence electrons. The van der Waals surface area contributed by atoms with Crippen molar-refractivity contribution in [3.63, 3.8) is 0 Å². The lowest BCUT2D eigenvalue weighted by molar-refractivity contribution is -0.0657. The zero-order valence-electron chi connectivity index (χ0n) is 8.69. The number of hydrogen-bond donors (Lipinski definition) is 1. The highest BCUT2D eigenvalue weighted by Crippen LogP contribution is 2.45. The van der Waals surface area contributed by atoms with Crippen LogP contribution in [0.3, 0.4) is 0 Å². The summed E-state index contributed by atoms with van der Waals surface area (Å²) in [6.07, 6.45) is 4.27. The molecule has 14 heavy (non-hydrogen) atoms. The zero-order chi connectivity index (χ0) is 10.7. The van der Waals surface area contributed by atoms with E-state index >= 15 is 0 Å². The monoisotopic (exact) mass is 223 g/mol. The molecule has 0 spiro atoms. The predicted molar refractivity (Wildman–Crippen MR) is 57.9 cm³/mol. The van der Waals surface area contributed by atoms with Gasteiger partial charge >= 0.3 is 0 Å². The lowest BCUT2D eigenvalue weighted by Crippen LogP contribution is -2.39. The molecule has 0 aromatic heterocycles. The second-order valence-corrected chi connectivity index (χ2v) is 5.29. The smallest absolute Gasteiger partial charge is 0.248 e. The van der Waals surface area contributed by atoms with Crippen molar-refractivity contribution in [2.45, 2.75) is 38.0 Å². The molecule has 0 saturated heterocycles. The van der Waals surface area contributed by atoms with E-state index < -0.39 is 5.92 Å². The van der Waals surface area contributed by atoms with Crippen molar-refractivity contribution < 1.29 is 8.78 Å². The summed E-state index contributed by atoms with van der Waals surface area (Å²) in [6.45, 7) is 0.559. The van der Waals surface area contributed by atoms with Crippen molar-refractivity contribution in [3.05, 3.63) is 0 Å². The highest BCUT2D eigenvalue weighted by atomic mass is 32.2. The Hall–Kier alpha value is 0.170. The predicted octanol–water partition coefficient (Wildman–Crippen LogP) is 2.89. The molecule has 2 N–H and O–H groups in total. The van der Waals surface area contributed by atoms with E-state index in [0.29, 0.717) is 19.4 Å². The Balaban J connectivity index is 2.48. The van der Waals surface area contributed by atoms with Crippen molar-refractivity contribution in [1.82, 2.24) is 0 Å². The summed E-state index contributed by atoms with van der Waals surface area (Å²) in [5.74, 6) is -1.40. The Morgan fingerprint density at radius 3 is 2.21 bits per heavy atom. The number of alkyl halides is 2. The molecule has 1 saturated carbocycles. The summed E-state index contributed by atoms with van der Waals surface area (Å²) in [6, 6.07) is 0. The van der Waals surface area contributed by atoms with Crippen LogP contribution in [0.15, 0.2) is 0 Å². The van der Waals surface area contributed by atoms with E-state index in [1.807, 2.05) is 6.26 Å². The number of rotatable bonds is 4. The highest BCUT2D eigenvalue weighted by Gasteiger charge is 2.42. The number of thioether (sulfide) groups is 1. The molecule has 0 radical (unpaired) electrons.